The summed E-state index contributed by atoms with van der Waals surface area (Å²) in [5, 5.41) is 11.8. The van der Waals surface area contributed by atoms with Crippen molar-refractivity contribution < 1.29 is 9.84 Å². The fourth-order valence-electron chi connectivity index (χ4n) is 1.12. The number of rotatable bonds is 5. The van der Waals surface area contributed by atoms with E-state index in [1.165, 1.54) is 0 Å². The minimum atomic E-state index is -0.0187. The van der Waals surface area contributed by atoms with Gasteiger partial charge < -0.3 is 15.2 Å². The molecule has 0 bridgehead atoms. The van der Waals surface area contributed by atoms with Crippen LogP contribution in [0.2, 0.25) is 0 Å². The lowest BCUT2D eigenvalue weighted by atomic mass is 9.87. The van der Waals surface area contributed by atoms with Crippen LogP contribution in [-0.2, 0) is 4.74 Å². The Morgan fingerprint density at radius 3 is 2.75 bits per heavy atom. The van der Waals surface area contributed by atoms with Crippen molar-refractivity contribution in [3.05, 3.63) is 12.3 Å². The Kier molecular flexibility index (Phi) is 2.75. The van der Waals surface area contributed by atoms with Crippen molar-refractivity contribution in [2.24, 2.45) is 5.41 Å². The molecule has 0 aliphatic carbocycles. The molecule has 1 aliphatic heterocycles. The van der Waals surface area contributed by atoms with Crippen molar-refractivity contribution in [1.82, 2.24) is 5.32 Å². The Morgan fingerprint density at radius 2 is 2.33 bits per heavy atom. The summed E-state index contributed by atoms with van der Waals surface area (Å²) in [6, 6.07) is 0.490. The lowest BCUT2D eigenvalue weighted by Crippen LogP contribution is -2.25. The zero-order chi connectivity index (χ0) is 9.19. The maximum absolute atomic E-state index is 8.55. The molecule has 2 N–H and O–H groups in total. The van der Waals surface area contributed by atoms with Gasteiger partial charge in [0.1, 0.15) is 6.61 Å². The van der Waals surface area contributed by atoms with Crippen LogP contribution in [0.4, 0.5) is 0 Å². The van der Waals surface area contributed by atoms with Crippen molar-refractivity contribution >= 4 is 0 Å². The number of aliphatic hydroxyl groups is 1. The second kappa shape index (κ2) is 3.46. The van der Waals surface area contributed by atoms with Crippen molar-refractivity contribution in [3.8, 4) is 0 Å². The van der Waals surface area contributed by atoms with Crippen LogP contribution in [0.5, 0.6) is 0 Å². The van der Waals surface area contributed by atoms with E-state index in [2.05, 4.69) is 25.7 Å². The van der Waals surface area contributed by atoms with Gasteiger partial charge in [0.2, 0.25) is 0 Å². The lowest BCUT2D eigenvalue weighted by molar-refractivity contribution is 0.105. The molecule has 3 heteroatoms. The van der Waals surface area contributed by atoms with Crippen LogP contribution in [0.3, 0.4) is 0 Å². The summed E-state index contributed by atoms with van der Waals surface area (Å²) in [5.74, 6) is 0.756. The summed E-state index contributed by atoms with van der Waals surface area (Å²) in [6.07, 6.45) is 0. The van der Waals surface area contributed by atoms with E-state index in [9.17, 15) is 0 Å². The van der Waals surface area contributed by atoms with Crippen LogP contribution in [0.25, 0.3) is 0 Å². The standard InChI is InChI=1S/C9H17NO2/c1-7(12-5-4-11)9(2,3)8-6-10-8/h8,10-11H,1,4-6H2,2-3H3. The third kappa shape index (κ3) is 1.99. The van der Waals surface area contributed by atoms with Gasteiger partial charge in [0.15, 0.2) is 0 Å². The normalized spacial score (nSPS) is 22.1. The largest absolute Gasteiger partial charge is 0.496 e. The van der Waals surface area contributed by atoms with Crippen molar-refractivity contribution in [2.45, 2.75) is 19.9 Å². The molecule has 1 unspecified atom stereocenters. The van der Waals surface area contributed by atoms with Crippen LogP contribution in [0.15, 0.2) is 12.3 Å². The molecule has 1 saturated heterocycles. The monoisotopic (exact) mass is 171 g/mol. The topological polar surface area (TPSA) is 51.4 Å². The average molecular weight is 171 g/mol. The molecule has 3 nitrogen and oxygen atoms in total. The molecular weight excluding hydrogens is 154 g/mol. The molecule has 12 heavy (non-hydrogen) atoms. The molecule has 1 atom stereocenters. The Morgan fingerprint density at radius 1 is 1.75 bits per heavy atom. The highest BCUT2D eigenvalue weighted by molar-refractivity contribution is 5.11. The first-order chi connectivity index (χ1) is 5.59. The highest BCUT2D eigenvalue weighted by atomic mass is 16.5. The van der Waals surface area contributed by atoms with Crippen molar-refractivity contribution in [1.29, 1.82) is 0 Å². The fraction of sp³-hybridized carbons (Fsp3) is 0.778. The molecule has 0 saturated carbocycles. The summed E-state index contributed by atoms with van der Waals surface area (Å²) in [4.78, 5) is 0. The molecule has 1 heterocycles. The van der Waals surface area contributed by atoms with Gasteiger partial charge in [-0.25, -0.2) is 0 Å². The zero-order valence-corrected chi connectivity index (χ0v) is 7.76. The first-order valence-corrected chi connectivity index (χ1v) is 4.25. The quantitative estimate of drug-likeness (QED) is 0.468. The Hall–Kier alpha value is -0.540. The Balaban J connectivity index is 2.38. The molecule has 1 fully saturated rings. The summed E-state index contributed by atoms with van der Waals surface area (Å²) in [7, 11) is 0. The number of aliphatic hydroxyl groups excluding tert-OH is 1. The van der Waals surface area contributed by atoms with Gasteiger partial charge >= 0.3 is 0 Å². The van der Waals surface area contributed by atoms with E-state index >= 15 is 0 Å². The van der Waals surface area contributed by atoms with E-state index in [-0.39, 0.29) is 12.0 Å². The van der Waals surface area contributed by atoms with E-state index in [4.69, 9.17) is 9.84 Å². The van der Waals surface area contributed by atoms with Crippen molar-refractivity contribution in [2.75, 3.05) is 19.8 Å². The van der Waals surface area contributed by atoms with Gasteiger partial charge in [-0.15, -0.1) is 0 Å². The van der Waals surface area contributed by atoms with Crippen LogP contribution >= 0.6 is 0 Å². The Labute approximate surface area is 73.4 Å². The molecule has 1 rings (SSSR count). The minimum Gasteiger partial charge on any atom is -0.496 e. The maximum atomic E-state index is 8.55. The summed E-state index contributed by atoms with van der Waals surface area (Å²) >= 11 is 0. The third-order valence-corrected chi connectivity index (χ3v) is 2.37. The van der Waals surface area contributed by atoms with Gasteiger partial charge in [0.25, 0.3) is 0 Å². The molecule has 70 valence electrons. The van der Waals surface area contributed by atoms with E-state index in [1.54, 1.807) is 0 Å². The van der Waals surface area contributed by atoms with Gasteiger partial charge in [-0.3, -0.25) is 0 Å². The molecule has 0 aromatic heterocycles. The van der Waals surface area contributed by atoms with Crippen LogP contribution < -0.4 is 5.32 Å². The highest BCUT2D eigenvalue weighted by Crippen LogP contribution is 2.33. The third-order valence-electron chi connectivity index (χ3n) is 2.37. The average Bonchev–Trinajstić information content (AvgIpc) is 2.81. The second-order valence-electron chi connectivity index (χ2n) is 3.68. The van der Waals surface area contributed by atoms with Crippen LogP contribution in [-0.4, -0.2) is 30.9 Å². The Bertz CT molecular complexity index is 173. The first kappa shape index (κ1) is 9.55. The smallest absolute Gasteiger partial charge is 0.111 e. The minimum absolute atomic E-state index is 0.0187. The SMILES string of the molecule is C=C(OCCO)C(C)(C)C1CN1. The summed E-state index contributed by atoms with van der Waals surface area (Å²) in [6.45, 7) is 9.47. The molecular formula is C9H17NO2. The van der Waals surface area contributed by atoms with E-state index in [0.29, 0.717) is 12.6 Å². The second-order valence-corrected chi connectivity index (χ2v) is 3.68. The van der Waals surface area contributed by atoms with Gasteiger partial charge in [0.05, 0.1) is 12.4 Å². The molecule has 0 aromatic rings. The van der Waals surface area contributed by atoms with E-state index in [1.807, 2.05) is 0 Å². The number of nitrogens with one attached hydrogen (secondary N) is 1. The molecule has 0 radical (unpaired) electrons. The highest BCUT2D eigenvalue weighted by Gasteiger charge is 2.40. The predicted molar refractivity (Wildman–Crippen MR) is 47.7 cm³/mol. The van der Waals surface area contributed by atoms with Gasteiger partial charge in [-0.2, -0.15) is 0 Å². The number of hydrogen-bond acceptors (Lipinski definition) is 3. The van der Waals surface area contributed by atoms with Gasteiger partial charge in [-0.1, -0.05) is 20.4 Å². The predicted octanol–water partition coefficient (Wildman–Crippen LogP) is 0.507. The van der Waals surface area contributed by atoms with Crippen LogP contribution in [0.1, 0.15) is 13.8 Å². The zero-order valence-electron chi connectivity index (χ0n) is 7.76. The van der Waals surface area contributed by atoms with Crippen molar-refractivity contribution in [3.63, 3.8) is 0 Å². The van der Waals surface area contributed by atoms with Crippen LogP contribution in [0, 0.1) is 5.41 Å². The van der Waals surface area contributed by atoms with Gasteiger partial charge in [-0.05, 0) is 0 Å². The number of hydrogen-bond donors (Lipinski definition) is 2. The number of ether oxygens (including phenoxy) is 1. The molecule has 0 amide bonds. The first-order valence-electron chi connectivity index (χ1n) is 4.25. The van der Waals surface area contributed by atoms with E-state index in [0.717, 1.165) is 12.3 Å². The lowest BCUT2D eigenvalue weighted by Gasteiger charge is -2.25. The van der Waals surface area contributed by atoms with E-state index < -0.39 is 0 Å². The fourth-order valence-corrected chi connectivity index (χ4v) is 1.12. The molecule has 0 spiro atoms. The van der Waals surface area contributed by atoms with Gasteiger partial charge in [0, 0.05) is 18.0 Å². The summed E-state index contributed by atoms with van der Waals surface area (Å²) < 4.78 is 5.27. The molecule has 0 aromatic carbocycles. The summed E-state index contributed by atoms with van der Waals surface area (Å²) in [5.41, 5.74) is -0.0187. The molecule has 1 aliphatic rings. The maximum Gasteiger partial charge on any atom is 0.111 e.